The lowest BCUT2D eigenvalue weighted by Crippen LogP contribution is -2.45. The van der Waals surface area contributed by atoms with Crippen molar-refractivity contribution < 1.29 is 9.59 Å². The van der Waals surface area contributed by atoms with E-state index in [2.05, 4.69) is 11.2 Å². The Labute approximate surface area is 114 Å². The summed E-state index contributed by atoms with van der Waals surface area (Å²) in [5, 5.41) is 2.55. The first-order chi connectivity index (χ1) is 8.62. The second kappa shape index (κ2) is 4.93. The summed E-state index contributed by atoms with van der Waals surface area (Å²) in [5.74, 6) is 1.23. The van der Waals surface area contributed by atoms with Crippen molar-refractivity contribution in [2.24, 2.45) is 7.05 Å². The number of aromatic nitrogens is 1. The molecule has 0 atom stereocenters. The lowest BCUT2D eigenvalue weighted by molar-refractivity contribution is -0.118. The summed E-state index contributed by atoms with van der Waals surface area (Å²) in [6.45, 7) is 8.94. The van der Waals surface area contributed by atoms with Crippen LogP contribution in [0.4, 0.5) is 0 Å². The lowest BCUT2D eigenvalue weighted by Gasteiger charge is -2.18. The maximum atomic E-state index is 12.3. The minimum Gasteiger partial charge on any atom is -0.351 e. The minimum atomic E-state index is -0.835. The summed E-state index contributed by atoms with van der Waals surface area (Å²) >= 11 is 0. The van der Waals surface area contributed by atoms with Crippen molar-refractivity contribution in [2.45, 2.75) is 40.2 Å². The van der Waals surface area contributed by atoms with E-state index in [-0.39, 0.29) is 0 Å². The molecule has 1 aromatic rings. The average Bonchev–Trinajstić information content (AvgIpc) is 2.53. The Kier molecular flexibility index (Phi) is 3.90. The van der Waals surface area contributed by atoms with Crippen molar-refractivity contribution in [1.29, 1.82) is 0 Å². The van der Waals surface area contributed by atoms with E-state index in [0.29, 0.717) is 5.56 Å². The predicted octanol–water partition coefficient (Wildman–Crippen LogP) is 1.66. The Hall–Kier alpha value is -2.02. The van der Waals surface area contributed by atoms with Gasteiger partial charge in [0.05, 0.1) is 11.1 Å². The number of nitrogens with zero attached hydrogens (tertiary/aromatic N) is 1. The molecule has 0 spiro atoms. The van der Waals surface area contributed by atoms with Crippen LogP contribution >= 0.6 is 0 Å². The second-order valence-corrected chi connectivity index (χ2v) is 5.28. The standard InChI is InChI=1S/C15H20N2O2/c1-8-15(5,6)16-14(19)13(18)12-9(2)10(3)17(7)11(12)4/h1H,2-7H3,(H,16,19). The maximum absolute atomic E-state index is 12.3. The van der Waals surface area contributed by atoms with E-state index in [9.17, 15) is 9.59 Å². The average molecular weight is 260 g/mol. The number of rotatable bonds is 3. The van der Waals surface area contributed by atoms with Gasteiger partial charge in [0.2, 0.25) is 0 Å². The van der Waals surface area contributed by atoms with E-state index in [1.54, 1.807) is 13.8 Å². The van der Waals surface area contributed by atoms with Crippen LogP contribution in [0.3, 0.4) is 0 Å². The lowest BCUT2D eigenvalue weighted by atomic mass is 10.0. The molecule has 1 N–H and O–H groups in total. The van der Waals surface area contributed by atoms with Gasteiger partial charge in [-0.15, -0.1) is 6.42 Å². The molecule has 0 aliphatic rings. The predicted molar refractivity (Wildman–Crippen MR) is 75.0 cm³/mol. The van der Waals surface area contributed by atoms with E-state index in [1.165, 1.54) is 0 Å². The van der Waals surface area contributed by atoms with Gasteiger partial charge in [-0.05, 0) is 40.2 Å². The number of hydrogen-bond acceptors (Lipinski definition) is 2. The molecule has 1 heterocycles. The smallest absolute Gasteiger partial charge is 0.293 e. The minimum absolute atomic E-state index is 0.463. The molecule has 0 saturated heterocycles. The Morgan fingerprint density at radius 1 is 1.21 bits per heavy atom. The molecule has 0 fully saturated rings. The summed E-state index contributed by atoms with van der Waals surface area (Å²) in [6, 6.07) is 0. The molecular formula is C15H20N2O2. The van der Waals surface area contributed by atoms with E-state index < -0.39 is 17.2 Å². The third kappa shape index (κ3) is 2.70. The number of carbonyl (C=O) groups is 2. The highest BCUT2D eigenvalue weighted by atomic mass is 16.2. The molecule has 0 unspecified atom stereocenters. The van der Waals surface area contributed by atoms with Crippen molar-refractivity contribution in [3.63, 3.8) is 0 Å². The van der Waals surface area contributed by atoms with Gasteiger partial charge in [0, 0.05) is 18.4 Å². The Bertz CT molecular complexity index is 561. The number of nitrogens with one attached hydrogen (secondary N) is 1. The first kappa shape index (κ1) is 15.0. The number of ketones is 1. The fraction of sp³-hybridized carbons (Fsp3) is 0.467. The van der Waals surface area contributed by atoms with Crippen LogP contribution in [0.5, 0.6) is 0 Å². The van der Waals surface area contributed by atoms with E-state index in [4.69, 9.17) is 6.42 Å². The van der Waals surface area contributed by atoms with Crippen LogP contribution in [0.2, 0.25) is 0 Å². The van der Waals surface area contributed by atoms with E-state index in [0.717, 1.165) is 17.0 Å². The molecule has 1 amide bonds. The van der Waals surface area contributed by atoms with Crippen molar-refractivity contribution >= 4 is 11.7 Å². The second-order valence-electron chi connectivity index (χ2n) is 5.28. The number of carbonyl (C=O) groups excluding carboxylic acids is 2. The zero-order valence-corrected chi connectivity index (χ0v) is 12.3. The van der Waals surface area contributed by atoms with Crippen molar-refractivity contribution in [2.75, 3.05) is 0 Å². The molecular weight excluding hydrogens is 240 g/mol. The molecule has 19 heavy (non-hydrogen) atoms. The Morgan fingerprint density at radius 2 is 1.74 bits per heavy atom. The van der Waals surface area contributed by atoms with Crippen molar-refractivity contribution in [3.05, 3.63) is 22.5 Å². The van der Waals surface area contributed by atoms with Gasteiger partial charge < -0.3 is 9.88 Å². The van der Waals surface area contributed by atoms with Crippen LogP contribution in [0.1, 0.15) is 41.2 Å². The fourth-order valence-electron chi connectivity index (χ4n) is 1.95. The summed E-state index contributed by atoms with van der Waals surface area (Å²) in [4.78, 5) is 24.2. The van der Waals surface area contributed by atoms with E-state index >= 15 is 0 Å². The topological polar surface area (TPSA) is 51.1 Å². The SMILES string of the molecule is C#CC(C)(C)NC(=O)C(=O)c1c(C)c(C)n(C)c1C. The summed E-state index contributed by atoms with van der Waals surface area (Å²) in [7, 11) is 1.87. The van der Waals surface area contributed by atoms with Gasteiger partial charge in [0.1, 0.15) is 0 Å². The van der Waals surface area contributed by atoms with Crippen LogP contribution in [-0.2, 0) is 11.8 Å². The summed E-state index contributed by atoms with van der Waals surface area (Å²) in [6.07, 6.45) is 5.30. The van der Waals surface area contributed by atoms with Gasteiger partial charge in [-0.3, -0.25) is 9.59 Å². The molecule has 0 aliphatic carbocycles. The molecule has 0 bridgehead atoms. The normalized spacial score (nSPS) is 11.0. The van der Waals surface area contributed by atoms with Crippen LogP contribution in [0.25, 0.3) is 0 Å². The van der Waals surface area contributed by atoms with E-state index in [1.807, 2.05) is 32.4 Å². The number of Topliss-reactive ketones (excluding diaryl/α,β-unsaturated/α-hetero) is 1. The van der Waals surface area contributed by atoms with Crippen molar-refractivity contribution in [1.82, 2.24) is 9.88 Å². The molecule has 0 aromatic carbocycles. The zero-order chi connectivity index (χ0) is 15.0. The number of hydrogen-bond donors (Lipinski definition) is 1. The Balaban J connectivity index is 3.13. The van der Waals surface area contributed by atoms with Gasteiger partial charge in [0.15, 0.2) is 0 Å². The molecule has 4 nitrogen and oxygen atoms in total. The first-order valence-corrected chi connectivity index (χ1v) is 6.09. The van der Waals surface area contributed by atoms with Gasteiger partial charge in [0.25, 0.3) is 11.7 Å². The molecule has 0 saturated carbocycles. The quantitative estimate of drug-likeness (QED) is 0.510. The fourth-order valence-corrected chi connectivity index (χ4v) is 1.95. The largest absolute Gasteiger partial charge is 0.351 e. The molecule has 0 radical (unpaired) electrons. The van der Waals surface area contributed by atoms with Crippen molar-refractivity contribution in [3.8, 4) is 12.3 Å². The van der Waals surface area contributed by atoms with Gasteiger partial charge in [-0.25, -0.2) is 0 Å². The van der Waals surface area contributed by atoms with Gasteiger partial charge in [-0.1, -0.05) is 5.92 Å². The Morgan fingerprint density at radius 3 is 2.11 bits per heavy atom. The van der Waals surface area contributed by atoms with Crippen LogP contribution in [-0.4, -0.2) is 21.8 Å². The number of terminal acetylenes is 1. The van der Waals surface area contributed by atoms with Gasteiger partial charge in [-0.2, -0.15) is 0 Å². The maximum Gasteiger partial charge on any atom is 0.293 e. The molecule has 1 aromatic heterocycles. The third-order valence-electron chi connectivity index (χ3n) is 3.51. The summed E-state index contributed by atoms with van der Waals surface area (Å²) < 4.78 is 1.90. The highest BCUT2D eigenvalue weighted by Gasteiger charge is 2.27. The monoisotopic (exact) mass is 260 g/mol. The highest BCUT2D eigenvalue weighted by Crippen LogP contribution is 2.21. The third-order valence-corrected chi connectivity index (χ3v) is 3.51. The zero-order valence-electron chi connectivity index (χ0n) is 12.3. The molecule has 102 valence electrons. The van der Waals surface area contributed by atoms with Crippen LogP contribution in [0, 0.1) is 33.1 Å². The summed E-state index contributed by atoms with van der Waals surface area (Å²) in [5.41, 5.74) is 2.22. The highest BCUT2D eigenvalue weighted by molar-refractivity contribution is 6.43. The van der Waals surface area contributed by atoms with Gasteiger partial charge >= 0.3 is 0 Å². The molecule has 4 heteroatoms. The van der Waals surface area contributed by atoms with Crippen LogP contribution < -0.4 is 5.32 Å². The number of amides is 1. The first-order valence-electron chi connectivity index (χ1n) is 6.09. The molecule has 0 aliphatic heterocycles. The molecule has 1 rings (SSSR count). The van der Waals surface area contributed by atoms with Crippen LogP contribution in [0.15, 0.2) is 0 Å².